The van der Waals surface area contributed by atoms with Crippen molar-refractivity contribution in [3.05, 3.63) is 52.5 Å². The highest BCUT2D eigenvalue weighted by atomic mass is 79.9. The number of benzene rings is 1. The Morgan fingerprint density at radius 2 is 2.12 bits per heavy atom. The summed E-state index contributed by atoms with van der Waals surface area (Å²) in [7, 11) is 0. The number of nitrogens with one attached hydrogen (secondary N) is 2. The first-order valence-electron chi connectivity index (χ1n) is 7.07. The third-order valence-electron chi connectivity index (χ3n) is 2.88. The van der Waals surface area contributed by atoms with Crippen molar-refractivity contribution in [2.24, 2.45) is 0 Å². The number of amides is 1. The number of hydrogen-bond donors (Lipinski definition) is 2. The van der Waals surface area contributed by atoms with Crippen LogP contribution in [0.4, 0.5) is 10.8 Å². The van der Waals surface area contributed by atoms with Gasteiger partial charge in [0.1, 0.15) is 0 Å². The highest BCUT2D eigenvalue weighted by molar-refractivity contribution is 9.10. The van der Waals surface area contributed by atoms with E-state index in [9.17, 15) is 9.59 Å². The van der Waals surface area contributed by atoms with Gasteiger partial charge >= 0.3 is 5.97 Å². The number of hydrogen-bond acceptors (Lipinski definition) is 6. The highest BCUT2D eigenvalue weighted by Gasteiger charge is 2.21. The second-order valence-corrected chi connectivity index (χ2v) is 6.52. The third kappa shape index (κ3) is 5.17. The van der Waals surface area contributed by atoms with Crippen molar-refractivity contribution >= 4 is 50.0 Å². The van der Waals surface area contributed by atoms with Gasteiger partial charge in [0.2, 0.25) is 0 Å². The second-order valence-electron chi connectivity index (χ2n) is 4.75. The molecule has 0 spiro atoms. The zero-order chi connectivity index (χ0) is 17.5. The van der Waals surface area contributed by atoms with Gasteiger partial charge in [-0.25, -0.2) is 9.78 Å². The summed E-state index contributed by atoms with van der Waals surface area (Å²) in [6.45, 7) is 5.65. The van der Waals surface area contributed by atoms with E-state index in [1.807, 2.05) is 0 Å². The summed E-state index contributed by atoms with van der Waals surface area (Å²) in [6.07, 6.45) is 0.751. The van der Waals surface area contributed by atoms with Crippen molar-refractivity contribution in [1.82, 2.24) is 4.98 Å². The smallest absolute Gasteiger partial charge is 0.358 e. The van der Waals surface area contributed by atoms with Crippen molar-refractivity contribution in [1.29, 1.82) is 0 Å². The molecule has 0 radical (unpaired) electrons. The predicted octanol–water partition coefficient (Wildman–Crippen LogP) is 3.69. The van der Waals surface area contributed by atoms with Gasteiger partial charge in [-0.1, -0.05) is 22.0 Å². The third-order valence-corrected chi connectivity index (χ3v) is 4.20. The van der Waals surface area contributed by atoms with E-state index < -0.39 is 18.0 Å². The summed E-state index contributed by atoms with van der Waals surface area (Å²) in [6, 6.07) is 7.10. The number of carbonyl (C=O) groups excluding carboxylic acids is 2. The molecular weight excluding hydrogens is 394 g/mol. The van der Waals surface area contributed by atoms with Crippen molar-refractivity contribution in [3.8, 4) is 0 Å². The molecule has 1 amide bonds. The Morgan fingerprint density at radius 1 is 1.42 bits per heavy atom. The van der Waals surface area contributed by atoms with Crippen molar-refractivity contribution in [2.45, 2.75) is 13.0 Å². The number of esters is 1. The first-order chi connectivity index (χ1) is 11.5. The minimum atomic E-state index is -0.938. The topological polar surface area (TPSA) is 80.3 Å². The monoisotopic (exact) mass is 409 g/mol. The van der Waals surface area contributed by atoms with Crippen LogP contribution in [0.15, 0.2) is 46.8 Å². The van der Waals surface area contributed by atoms with Crippen LogP contribution in [0, 0.1) is 0 Å². The van der Waals surface area contributed by atoms with Crippen LogP contribution < -0.4 is 10.6 Å². The van der Waals surface area contributed by atoms with Crippen molar-refractivity contribution in [2.75, 3.05) is 17.2 Å². The van der Waals surface area contributed by atoms with Crippen LogP contribution in [0.3, 0.4) is 0 Å². The lowest BCUT2D eigenvalue weighted by Gasteiger charge is -2.12. The minimum Gasteiger partial charge on any atom is -0.448 e. The number of thiazole rings is 1. The average molecular weight is 410 g/mol. The molecule has 0 aliphatic carbocycles. The minimum absolute atomic E-state index is 0.162. The number of halogens is 1. The van der Waals surface area contributed by atoms with E-state index in [-0.39, 0.29) is 5.69 Å². The van der Waals surface area contributed by atoms with Gasteiger partial charge in [-0.3, -0.25) is 4.79 Å². The molecule has 0 aliphatic rings. The van der Waals surface area contributed by atoms with Gasteiger partial charge in [0.15, 0.2) is 16.9 Å². The number of aromatic nitrogens is 1. The van der Waals surface area contributed by atoms with Crippen LogP contribution in [0.25, 0.3) is 0 Å². The zero-order valence-electron chi connectivity index (χ0n) is 12.9. The van der Waals surface area contributed by atoms with Crippen LogP contribution in [-0.4, -0.2) is 29.5 Å². The molecule has 0 saturated carbocycles. The van der Waals surface area contributed by atoms with Gasteiger partial charge in [0.05, 0.1) is 0 Å². The maximum atomic E-state index is 12.1. The second kappa shape index (κ2) is 8.60. The summed E-state index contributed by atoms with van der Waals surface area (Å²) in [4.78, 5) is 28.2. The highest BCUT2D eigenvalue weighted by Crippen LogP contribution is 2.17. The van der Waals surface area contributed by atoms with Crippen molar-refractivity contribution < 1.29 is 14.3 Å². The Morgan fingerprint density at radius 3 is 2.79 bits per heavy atom. The molecule has 1 atom stereocenters. The zero-order valence-corrected chi connectivity index (χ0v) is 15.3. The maximum Gasteiger partial charge on any atom is 0.358 e. The number of anilines is 2. The molecular formula is C16H16BrN3O3S. The Kier molecular flexibility index (Phi) is 6.51. The lowest BCUT2D eigenvalue weighted by atomic mass is 10.3. The number of carbonyl (C=O) groups is 2. The molecule has 1 heterocycles. The van der Waals surface area contributed by atoms with Gasteiger partial charge < -0.3 is 15.4 Å². The van der Waals surface area contributed by atoms with E-state index in [0.717, 1.165) is 4.47 Å². The largest absolute Gasteiger partial charge is 0.448 e. The molecule has 6 nitrogen and oxygen atoms in total. The molecule has 0 unspecified atom stereocenters. The Labute approximate surface area is 152 Å². The standard InChI is InChI=1S/C16H16BrN3O3S/c1-3-8-18-16-20-13(9-24-16)15(22)23-10(2)14(21)19-12-6-4-11(17)5-7-12/h3-7,9-10H,1,8H2,2H3,(H,18,20)(H,19,21)/t10-/m1/s1. The Bertz CT molecular complexity index is 730. The molecule has 2 aromatic rings. The number of ether oxygens (including phenoxy) is 1. The van der Waals surface area contributed by atoms with Gasteiger partial charge in [0, 0.05) is 22.1 Å². The molecule has 1 aromatic heterocycles. The summed E-state index contributed by atoms with van der Waals surface area (Å²) in [5.74, 6) is -1.05. The first-order valence-corrected chi connectivity index (χ1v) is 8.74. The Hall–Kier alpha value is -2.19. The van der Waals surface area contributed by atoms with Crippen LogP contribution in [0.5, 0.6) is 0 Å². The SMILES string of the molecule is C=CCNc1nc(C(=O)O[C@H](C)C(=O)Nc2ccc(Br)cc2)cs1. The van der Waals surface area contributed by atoms with E-state index >= 15 is 0 Å². The lowest BCUT2D eigenvalue weighted by Crippen LogP contribution is -2.30. The molecule has 2 N–H and O–H groups in total. The molecule has 8 heteroatoms. The summed E-state index contributed by atoms with van der Waals surface area (Å²) < 4.78 is 6.05. The summed E-state index contributed by atoms with van der Waals surface area (Å²) in [5, 5.41) is 7.83. The molecule has 24 heavy (non-hydrogen) atoms. The van der Waals surface area contributed by atoms with Crippen molar-refractivity contribution in [3.63, 3.8) is 0 Å². The molecule has 1 aromatic carbocycles. The summed E-state index contributed by atoms with van der Waals surface area (Å²) >= 11 is 4.60. The Balaban J connectivity index is 1.90. The van der Waals surface area contributed by atoms with Crippen LogP contribution in [0.1, 0.15) is 17.4 Å². The normalized spacial score (nSPS) is 11.4. The predicted molar refractivity (Wildman–Crippen MR) is 98.4 cm³/mol. The van der Waals surface area contributed by atoms with Crippen LogP contribution in [-0.2, 0) is 9.53 Å². The van der Waals surface area contributed by atoms with Gasteiger partial charge in [0.25, 0.3) is 5.91 Å². The fraction of sp³-hybridized carbons (Fsp3) is 0.188. The van der Waals surface area contributed by atoms with E-state index in [2.05, 4.69) is 38.1 Å². The molecule has 2 rings (SSSR count). The van der Waals surface area contributed by atoms with Gasteiger partial charge in [-0.2, -0.15) is 0 Å². The van der Waals surface area contributed by atoms with Crippen LogP contribution >= 0.6 is 27.3 Å². The number of rotatable bonds is 7. The van der Waals surface area contributed by atoms with Gasteiger partial charge in [-0.05, 0) is 31.2 Å². The quantitative estimate of drug-likeness (QED) is 0.538. The number of nitrogens with zero attached hydrogens (tertiary/aromatic N) is 1. The molecule has 0 aliphatic heterocycles. The average Bonchev–Trinajstić information content (AvgIpc) is 3.04. The van der Waals surface area contributed by atoms with Crippen LogP contribution in [0.2, 0.25) is 0 Å². The summed E-state index contributed by atoms with van der Waals surface area (Å²) in [5.41, 5.74) is 0.783. The first kappa shape index (κ1) is 18.2. The molecule has 126 valence electrons. The van der Waals surface area contributed by atoms with E-state index in [4.69, 9.17) is 4.74 Å². The fourth-order valence-corrected chi connectivity index (χ4v) is 2.61. The van der Waals surface area contributed by atoms with E-state index in [0.29, 0.717) is 17.4 Å². The van der Waals surface area contributed by atoms with Gasteiger partial charge in [-0.15, -0.1) is 17.9 Å². The lowest BCUT2D eigenvalue weighted by molar-refractivity contribution is -0.123. The molecule has 0 fully saturated rings. The fourth-order valence-electron chi connectivity index (χ4n) is 1.66. The van der Waals surface area contributed by atoms with E-state index in [1.165, 1.54) is 18.3 Å². The van der Waals surface area contributed by atoms with E-state index in [1.54, 1.807) is 35.7 Å². The molecule has 0 saturated heterocycles. The molecule has 0 bridgehead atoms. The maximum absolute atomic E-state index is 12.1.